The standard InChI is InChI=1S/C20H18F2N4O/c21-16-6-3-4-14(12-16)13-20(27)24-19-9-8-18(25-26-19)23-11-10-15-5-1-2-7-17(15)22/h1-9,12H,10-11,13H2,(H,23,25)(H,24,26,27). The van der Waals surface area contributed by atoms with Crippen LogP contribution in [0.4, 0.5) is 20.4 Å². The Bertz CT molecular complexity index is 916. The predicted molar refractivity (Wildman–Crippen MR) is 99.4 cm³/mol. The van der Waals surface area contributed by atoms with Crippen LogP contribution in [0.1, 0.15) is 11.1 Å². The second-order valence-electron chi connectivity index (χ2n) is 5.93. The Labute approximate surface area is 155 Å². The van der Waals surface area contributed by atoms with Crippen molar-refractivity contribution in [2.75, 3.05) is 17.2 Å². The summed E-state index contributed by atoms with van der Waals surface area (Å²) in [7, 11) is 0. The second-order valence-corrected chi connectivity index (χ2v) is 5.93. The van der Waals surface area contributed by atoms with Crippen LogP contribution in [0.3, 0.4) is 0 Å². The Balaban J connectivity index is 1.48. The molecule has 0 fully saturated rings. The molecule has 7 heteroatoms. The summed E-state index contributed by atoms with van der Waals surface area (Å²) in [5.74, 6) is -0.103. The van der Waals surface area contributed by atoms with E-state index in [0.29, 0.717) is 35.7 Å². The Morgan fingerprint density at radius 1 is 0.926 bits per heavy atom. The number of anilines is 2. The van der Waals surface area contributed by atoms with Gasteiger partial charge in [-0.3, -0.25) is 4.79 Å². The average molecular weight is 368 g/mol. The lowest BCUT2D eigenvalue weighted by molar-refractivity contribution is -0.115. The molecular weight excluding hydrogens is 350 g/mol. The zero-order chi connectivity index (χ0) is 19.1. The summed E-state index contributed by atoms with van der Waals surface area (Å²) in [6, 6.07) is 15.8. The zero-order valence-corrected chi connectivity index (χ0v) is 14.5. The first-order valence-electron chi connectivity index (χ1n) is 8.45. The molecule has 0 radical (unpaired) electrons. The van der Waals surface area contributed by atoms with Gasteiger partial charge in [0, 0.05) is 6.54 Å². The van der Waals surface area contributed by atoms with Crippen molar-refractivity contribution in [1.29, 1.82) is 0 Å². The fraction of sp³-hybridized carbons (Fsp3) is 0.150. The third-order valence-electron chi connectivity index (χ3n) is 3.84. The van der Waals surface area contributed by atoms with Crippen molar-refractivity contribution in [2.45, 2.75) is 12.8 Å². The van der Waals surface area contributed by atoms with Crippen LogP contribution in [0.15, 0.2) is 60.7 Å². The van der Waals surface area contributed by atoms with Gasteiger partial charge in [0.1, 0.15) is 17.5 Å². The van der Waals surface area contributed by atoms with Crippen molar-refractivity contribution in [3.8, 4) is 0 Å². The molecule has 2 N–H and O–H groups in total. The van der Waals surface area contributed by atoms with Crippen LogP contribution < -0.4 is 10.6 Å². The number of halogens is 2. The van der Waals surface area contributed by atoms with Crippen LogP contribution in [-0.4, -0.2) is 22.6 Å². The van der Waals surface area contributed by atoms with E-state index in [-0.39, 0.29) is 24.0 Å². The second kappa shape index (κ2) is 8.84. The molecule has 0 bridgehead atoms. The monoisotopic (exact) mass is 368 g/mol. The molecule has 0 aliphatic carbocycles. The molecule has 3 rings (SSSR count). The van der Waals surface area contributed by atoms with Crippen molar-refractivity contribution in [3.63, 3.8) is 0 Å². The summed E-state index contributed by atoms with van der Waals surface area (Å²) < 4.78 is 26.7. The molecule has 0 atom stereocenters. The molecule has 0 saturated carbocycles. The summed E-state index contributed by atoms with van der Waals surface area (Å²) in [5, 5.41) is 13.6. The summed E-state index contributed by atoms with van der Waals surface area (Å²) in [6.45, 7) is 0.501. The topological polar surface area (TPSA) is 66.9 Å². The molecule has 1 heterocycles. The predicted octanol–water partition coefficient (Wildman–Crippen LogP) is 3.59. The van der Waals surface area contributed by atoms with Gasteiger partial charge in [0.25, 0.3) is 0 Å². The first-order valence-corrected chi connectivity index (χ1v) is 8.45. The molecule has 27 heavy (non-hydrogen) atoms. The van der Waals surface area contributed by atoms with E-state index in [4.69, 9.17) is 0 Å². The average Bonchev–Trinajstić information content (AvgIpc) is 2.65. The zero-order valence-electron chi connectivity index (χ0n) is 14.5. The van der Waals surface area contributed by atoms with E-state index in [2.05, 4.69) is 20.8 Å². The fourth-order valence-corrected chi connectivity index (χ4v) is 2.54. The van der Waals surface area contributed by atoms with Gasteiger partial charge in [0.2, 0.25) is 5.91 Å². The van der Waals surface area contributed by atoms with Gasteiger partial charge in [-0.1, -0.05) is 30.3 Å². The summed E-state index contributed by atoms with van der Waals surface area (Å²) in [6.07, 6.45) is 0.558. The number of amides is 1. The Morgan fingerprint density at radius 3 is 2.44 bits per heavy atom. The molecule has 0 aliphatic heterocycles. The number of nitrogens with one attached hydrogen (secondary N) is 2. The molecule has 0 aliphatic rings. The Kier molecular flexibility index (Phi) is 6.04. The molecule has 0 spiro atoms. The Hall–Kier alpha value is -3.35. The molecule has 2 aromatic carbocycles. The number of aromatic nitrogens is 2. The highest BCUT2D eigenvalue weighted by Gasteiger charge is 2.07. The van der Waals surface area contributed by atoms with Gasteiger partial charge >= 0.3 is 0 Å². The minimum Gasteiger partial charge on any atom is -0.368 e. The third-order valence-corrected chi connectivity index (χ3v) is 3.84. The molecule has 5 nitrogen and oxygen atoms in total. The van der Waals surface area contributed by atoms with Crippen molar-refractivity contribution in [1.82, 2.24) is 10.2 Å². The van der Waals surface area contributed by atoms with Crippen LogP contribution in [-0.2, 0) is 17.6 Å². The van der Waals surface area contributed by atoms with E-state index in [0.717, 1.165) is 0 Å². The fourth-order valence-electron chi connectivity index (χ4n) is 2.54. The Morgan fingerprint density at radius 2 is 1.70 bits per heavy atom. The number of carbonyl (C=O) groups is 1. The van der Waals surface area contributed by atoms with Gasteiger partial charge in [0.05, 0.1) is 6.42 Å². The third kappa shape index (κ3) is 5.57. The van der Waals surface area contributed by atoms with Gasteiger partial charge < -0.3 is 10.6 Å². The summed E-state index contributed by atoms with van der Waals surface area (Å²) in [5.41, 5.74) is 1.20. The molecule has 138 valence electrons. The SMILES string of the molecule is O=C(Cc1cccc(F)c1)Nc1ccc(NCCc2ccccc2F)nn1. The van der Waals surface area contributed by atoms with Gasteiger partial charge in [-0.05, 0) is 47.9 Å². The van der Waals surface area contributed by atoms with E-state index in [1.54, 1.807) is 42.5 Å². The molecule has 0 unspecified atom stereocenters. The molecule has 1 aromatic heterocycles. The number of rotatable bonds is 7. The number of hydrogen-bond donors (Lipinski definition) is 2. The summed E-state index contributed by atoms with van der Waals surface area (Å²) in [4.78, 5) is 12.0. The number of carbonyl (C=O) groups excluding carboxylic acids is 1. The lowest BCUT2D eigenvalue weighted by Crippen LogP contribution is -2.16. The first kappa shape index (κ1) is 18.4. The maximum atomic E-state index is 13.6. The highest BCUT2D eigenvalue weighted by atomic mass is 19.1. The van der Waals surface area contributed by atoms with E-state index in [1.807, 2.05) is 0 Å². The largest absolute Gasteiger partial charge is 0.368 e. The van der Waals surface area contributed by atoms with Crippen LogP contribution >= 0.6 is 0 Å². The van der Waals surface area contributed by atoms with Crippen LogP contribution in [0.5, 0.6) is 0 Å². The minimum absolute atomic E-state index is 0.0437. The molecular formula is C20H18F2N4O. The van der Waals surface area contributed by atoms with E-state index in [9.17, 15) is 13.6 Å². The number of hydrogen-bond acceptors (Lipinski definition) is 4. The highest BCUT2D eigenvalue weighted by Crippen LogP contribution is 2.10. The van der Waals surface area contributed by atoms with Crippen LogP contribution in [0.25, 0.3) is 0 Å². The molecule has 0 saturated heterocycles. The normalized spacial score (nSPS) is 10.4. The van der Waals surface area contributed by atoms with Gasteiger partial charge in [-0.25, -0.2) is 8.78 Å². The summed E-state index contributed by atoms with van der Waals surface area (Å²) >= 11 is 0. The van der Waals surface area contributed by atoms with Gasteiger partial charge in [-0.15, -0.1) is 10.2 Å². The smallest absolute Gasteiger partial charge is 0.229 e. The maximum absolute atomic E-state index is 13.6. The van der Waals surface area contributed by atoms with Gasteiger partial charge in [0.15, 0.2) is 5.82 Å². The van der Waals surface area contributed by atoms with E-state index in [1.165, 1.54) is 18.2 Å². The van der Waals surface area contributed by atoms with Crippen LogP contribution in [0.2, 0.25) is 0 Å². The van der Waals surface area contributed by atoms with Gasteiger partial charge in [-0.2, -0.15) is 0 Å². The van der Waals surface area contributed by atoms with Crippen molar-refractivity contribution >= 4 is 17.5 Å². The van der Waals surface area contributed by atoms with Crippen molar-refractivity contribution in [2.24, 2.45) is 0 Å². The number of benzene rings is 2. The molecule has 1 amide bonds. The highest BCUT2D eigenvalue weighted by molar-refractivity contribution is 5.91. The quantitative estimate of drug-likeness (QED) is 0.669. The minimum atomic E-state index is -0.383. The van der Waals surface area contributed by atoms with Crippen LogP contribution in [0, 0.1) is 11.6 Å². The van der Waals surface area contributed by atoms with Crippen molar-refractivity contribution < 1.29 is 13.6 Å². The lowest BCUT2D eigenvalue weighted by Gasteiger charge is -2.07. The number of nitrogens with zero attached hydrogens (tertiary/aromatic N) is 2. The van der Waals surface area contributed by atoms with Crippen molar-refractivity contribution in [3.05, 3.63) is 83.4 Å². The van der Waals surface area contributed by atoms with E-state index < -0.39 is 0 Å². The molecule has 3 aromatic rings. The lowest BCUT2D eigenvalue weighted by atomic mass is 10.1. The van der Waals surface area contributed by atoms with E-state index >= 15 is 0 Å². The first-order chi connectivity index (χ1) is 13.1. The maximum Gasteiger partial charge on any atom is 0.229 e.